The molecule has 0 N–H and O–H groups in total. The number of fused-ring (bicyclic) bond motifs is 5. The summed E-state index contributed by atoms with van der Waals surface area (Å²) < 4.78 is 2.41. The fraction of sp³-hybridized carbons (Fsp3) is 0.0392. The van der Waals surface area contributed by atoms with Gasteiger partial charge in [0.25, 0.3) is 0 Å². The molecule has 1 unspecified atom stereocenters. The molecule has 0 spiro atoms. The quantitative estimate of drug-likeness (QED) is 0.179. The van der Waals surface area contributed by atoms with Crippen molar-refractivity contribution in [2.24, 2.45) is 0 Å². The van der Waals surface area contributed by atoms with E-state index in [4.69, 9.17) is 15.0 Å². The molecule has 0 aliphatic heterocycles. The minimum absolute atomic E-state index is 0.374. The first-order valence-corrected chi connectivity index (χ1v) is 18.9. The van der Waals surface area contributed by atoms with Crippen molar-refractivity contribution in [2.45, 2.75) is 12.3 Å². The van der Waals surface area contributed by atoms with Gasteiger partial charge in [0, 0.05) is 33.4 Å². The molecule has 0 bridgehead atoms. The van der Waals surface area contributed by atoms with Crippen molar-refractivity contribution in [3.8, 4) is 39.9 Å². The van der Waals surface area contributed by atoms with E-state index in [1.165, 1.54) is 48.7 Å². The monoisotopic (exact) mass is 702 g/mol. The maximum absolute atomic E-state index is 5.25. The van der Waals surface area contributed by atoms with Gasteiger partial charge in [-0.25, -0.2) is 15.0 Å². The van der Waals surface area contributed by atoms with Crippen LogP contribution in [0, 0.1) is 0 Å². The lowest BCUT2D eigenvalue weighted by atomic mass is 9.92. The number of rotatable bonds is 5. The number of para-hydroxylation sites is 1. The van der Waals surface area contributed by atoms with Crippen molar-refractivity contribution >= 4 is 54.1 Å². The second kappa shape index (κ2) is 12.8. The molecule has 55 heavy (non-hydrogen) atoms. The van der Waals surface area contributed by atoms with E-state index < -0.39 is 0 Å². The second-order valence-corrected chi connectivity index (χ2v) is 14.3. The Morgan fingerprint density at radius 2 is 0.927 bits per heavy atom. The van der Waals surface area contributed by atoms with E-state index >= 15 is 0 Å². The lowest BCUT2D eigenvalue weighted by Crippen LogP contribution is -2.03. The molecule has 8 aromatic carbocycles. The van der Waals surface area contributed by atoms with E-state index in [0.29, 0.717) is 23.4 Å². The van der Waals surface area contributed by atoms with Gasteiger partial charge < -0.3 is 4.57 Å². The molecule has 0 saturated heterocycles. The Balaban J connectivity index is 1.18. The van der Waals surface area contributed by atoms with Crippen LogP contribution in [0.1, 0.15) is 17.9 Å². The Hall–Kier alpha value is -7.17. The van der Waals surface area contributed by atoms with Crippen molar-refractivity contribution < 1.29 is 0 Å². The van der Waals surface area contributed by atoms with Crippen LogP contribution in [0.25, 0.3) is 94.0 Å². The Morgan fingerprint density at radius 3 is 1.53 bits per heavy atom. The van der Waals surface area contributed by atoms with Crippen LogP contribution in [-0.2, 0) is 0 Å². The second-order valence-electron chi connectivity index (χ2n) is 14.3. The number of aromatic nitrogens is 4. The molecule has 2 aromatic heterocycles. The Kier molecular flexibility index (Phi) is 7.27. The molecule has 1 aliphatic rings. The van der Waals surface area contributed by atoms with Gasteiger partial charge in [0.2, 0.25) is 0 Å². The van der Waals surface area contributed by atoms with Gasteiger partial charge in [-0.2, -0.15) is 0 Å². The van der Waals surface area contributed by atoms with E-state index in [-0.39, 0.29) is 0 Å². The maximum atomic E-state index is 5.25. The van der Waals surface area contributed by atoms with Crippen molar-refractivity contribution in [3.05, 3.63) is 194 Å². The largest absolute Gasteiger partial charge is 0.308 e. The van der Waals surface area contributed by atoms with E-state index in [0.717, 1.165) is 39.8 Å². The summed E-state index contributed by atoms with van der Waals surface area (Å²) in [7, 11) is 0. The topological polar surface area (TPSA) is 43.6 Å². The zero-order valence-electron chi connectivity index (χ0n) is 30.0. The number of benzene rings is 7. The Bertz CT molecular complexity index is 3060. The number of nitrogens with zero attached hydrogens (tertiary/aromatic N) is 4. The van der Waals surface area contributed by atoms with Gasteiger partial charge in [-0.15, -0.1) is 0 Å². The fourth-order valence-electron chi connectivity index (χ4n) is 8.63. The molecule has 1 atom stereocenters. The van der Waals surface area contributed by atoms with E-state index in [1.807, 2.05) is 18.2 Å². The zero-order valence-corrected chi connectivity index (χ0v) is 30.0. The third-order valence-corrected chi connectivity index (χ3v) is 11.2. The summed E-state index contributed by atoms with van der Waals surface area (Å²) in [4.78, 5) is 15.5. The van der Waals surface area contributed by atoms with E-state index in [2.05, 4.69) is 174 Å². The van der Waals surface area contributed by atoms with E-state index in [9.17, 15) is 0 Å². The van der Waals surface area contributed by atoms with Crippen LogP contribution in [0.2, 0.25) is 0 Å². The highest BCUT2D eigenvalue weighted by atomic mass is 15.1. The minimum Gasteiger partial charge on any atom is -0.308 e. The normalized spacial score (nSPS) is 14.1. The third kappa shape index (κ3) is 5.10. The summed E-state index contributed by atoms with van der Waals surface area (Å²) in [5.41, 5.74) is 7.42. The first-order valence-electron chi connectivity index (χ1n) is 18.9. The third-order valence-electron chi connectivity index (χ3n) is 11.2. The SMILES string of the molecule is C1=CCC(c2ccc(-c3nc(-c4ccccc4)nc(-c4ccccc4-n4c5cccc6c7ccccc7c7ccccc7c7cccc4c7c65)n3)cc2)C=C1. The highest BCUT2D eigenvalue weighted by Crippen LogP contribution is 2.44. The smallest absolute Gasteiger partial charge is 0.166 e. The fourth-order valence-corrected chi connectivity index (χ4v) is 8.63. The molecule has 0 fully saturated rings. The van der Waals surface area contributed by atoms with Crippen LogP contribution in [0.15, 0.2) is 188 Å². The molecule has 0 amide bonds. The van der Waals surface area contributed by atoms with Gasteiger partial charge in [-0.3, -0.25) is 0 Å². The van der Waals surface area contributed by atoms with Crippen LogP contribution in [0.5, 0.6) is 0 Å². The average molecular weight is 703 g/mol. The van der Waals surface area contributed by atoms with Crippen LogP contribution < -0.4 is 0 Å². The van der Waals surface area contributed by atoms with Gasteiger partial charge in [0.1, 0.15) is 0 Å². The van der Waals surface area contributed by atoms with Crippen molar-refractivity contribution in [2.75, 3.05) is 0 Å². The highest BCUT2D eigenvalue weighted by molar-refractivity contribution is 6.33. The maximum Gasteiger partial charge on any atom is 0.166 e. The number of allylic oxidation sites excluding steroid dienone is 4. The number of hydrogen-bond acceptors (Lipinski definition) is 3. The Morgan fingerprint density at radius 1 is 0.418 bits per heavy atom. The molecule has 11 rings (SSSR count). The van der Waals surface area contributed by atoms with Crippen LogP contribution in [0.3, 0.4) is 0 Å². The van der Waals surface area contributed by atoms with Gasteiger partial charge in [0.05, 0.1) is 16.7 Å². The molecule has 1 aliphatic carbocycles. The Labute approximate surface area is 318 Å². The van der Waals surface area contributed by atoms with Crippen LogP contribution >= 0.6 is 0 Å². The zero-order chi connectivity index (χ0) is 36.3. The van der Waals surface area contributed by atoms with Gasteiger partial charge >= 0.3 is 0 Å². The van der Waals surface area contributed by atoms with Crippen LogP contribution in [-0.4, -0.2) is 19.5 Å². The van der Waals surface area contributed by atoms with Crippen molar-refractivity contribution in [3.63, 3.8) is 0 Å². The van der Waals surface area contributed by atoms with Gasteiger partial charge in [-0.05, 0) is 68.6 Å². The lowest BCUT2D eigenvalue weighted by molar-refractivity contribution is 0.854. The predicted molar refractivity (Wildman–Crippen MR) is 229 cm³/mol. The molecule has 10 aromatic rings. The molecular formula is C51H34N4. The molecule has 4 heteroatoms. The van der Waals surface area contributed by atoms with Crippen molar-refractivity contribution in [1.82, 2.24) is 19.5 Å². The van der Waals surface area contributed by atoms with Gasteiger partial charge in [0.15, 0.2) is 17.5 Å². The number of hydrogen-bond donors (Lipinski definition) is 0. The summed E-state index contributed by atoms with van der Waals surface area (Å²) in [6, 6.07) is 58.5. The van der Waals surface area contributed by atoms with Gasteiger partial charge in [-0.1, -0.05) is 164 Å². The van der Waals surface area contributed by atoms with Crippen LogP contribution in [0.4, 0.5) is 0 Å². The standard InChI is InChI=1S/C51H34N4/c1-3-15-33(16-4-1)34-29-31-36(32-30-34)50-52-49(35-17-5-2-6-18-35)53-51(54-50)43-23-11-12-26-44(43)55-45-27-13-24-41-39-21-9-7-19-37(39)38-20-8-10-22-40(38)42-25-14-28-46(55)48(42)47(41)45/h1-15,17-33H,16H2. The summed E-state index contributed by atoms with van der Waals surface area (Å²) in [5.74, 6) is 2.30. The molecular weight excluding hydrogens is 669 g/mol. The predicted octanol–water partition coefficient (Wildman–Crippen LogP) is 13.0. The summed E-state index contributed by atoms with van der Waals surface area (Å²) in [6.07, 6.45) is 9.75. The minimum atomic E-state index is 0.374. The van der Waals surface area contributed by atoms with E-state index in [1.54, 1.807) is 0 Å². The summed E-state index contributed by atoms with van der Waals surface area (Å²) in [5, 5.41) is 9.91. The molecule has 0 saturated carbocycles. The first-order chi connectivity index (χ1) is 27.3. The summed E-state index contributed by atoms with van der Waals surface area (Å²) in [6.45, 7) is 0. The highest BCUT2D eigenvalue weighted by Gasteiger charge is 2.22. The first kappa shape index (κ1) is 31.4. The van der Waals surface area contributed by atoms with Crippen molar-refractivity contribution in [1.29, 1.82) is 0 Å². The summed E-state index contributed by atoms with van der Waals surface area (Å²) >= 11 is 0. The average Bonchev–Trinajstić information content (AvgIpc) is 3.61. The molecule has 4 nitrogen and oxygen atoms in total. The molecule has 258 valence electrons. The molecule has 2 heterocycles. The molecule has 0 radical (unpaired) electrons. The lowest BCUT2D eigenvalue weighted by Gasteiger charge is -2.15.